The Hall–Kier alpha value is -0.170. The van der Waals surface area contributed by atoms with E-state index in [1.54, 1.807) is 0 Å². The molecule has 2 aliphatic rings. The Bertz CT molecular complexity index is 371. The predicted octanol–water partition coefficient (Wildman–Crippen LogP) is -0.783. The van der Waals surface area contributed by atoms with Gasteiger partial charge in [-0.3, -0.25) is 0 Å². The van der Waals surface area contributed by atoms with Gasteiger partial charge in [0.05, 0.1) is 17.6 Å². The summed E-state index contributed by atoms with van der Waals surface area (Å²) in [5, 5.41) is 13.0. The van der Waals surface area contributed by atoms with E-state index in [0.717, 1.165) is 19.4 Å². The van der Waals surface area contributed by atoms with Crippen LogP contribution in [0.5, 0.6) is 0 Å². The van der Waals surface area contributed by atoms with Crippen molar-refractivity contribution in [2.75, 3.05) is 25.1 Å². The highest BCUT2D eigenvalue weighted by molar-refractivity contribution is 7.91. The number of hydrogen-bond donors (Lipinski definition) is 2. The molecule has 0 aromatic carbocycles. The van der Waals surface area contributed by atoms with E-state index in [-0.39, 0.29) is 17.5 Å². The summed E-state index contributed by atoms with van der Waals surface area (Å²) in [6.45, 7) is 3.20. The normalized spacial score (nSPS) is 42.8. The van der Waals surface area contributed by atoms with Gasteiger partial charge in [-0.1, -0.05) is 0 Å². The molecule has 0 spiro atoms. The summed E-state index contributed by atoms with van der Waals surface area (Å²) in [4.78, 5) is 2.31. The second-order valence-corrected chi connectivity index (χ2v) is 7.62. The number of rotatable bonds is 2. The maximum atomic E-state index is 11.4. The van der Waals surface area contributed by atoms with Gasteiger partial charge in [0, 0.05) is 18.1 Å². The molecule has 0 saturated carbocycles. The van der Waals surface area contributed by atoms with Gasteiger partial charge in [0.1, 0.15) is 0 Å². The van der Waals surface area contributed by atoms with Crippen molar-refractivity contribution in [1.29, 1.82) is 0 Å². The lowest BCUT2D eigenvalue weighted by Gasteiger charge is -2.37. The van der Waals surface area contributed by atoms with Crippen LogP contribution >= 0.6 is 0 Å². The monoisotopic (exact) mass is 262 g/mol. The highest BCUT2D eigenvalue weighted by Crippen LogP contribution is 2.19. The van der Waals surface area contributed by atoms with Crippen LogP contribution in [0, 0.1) is 0 Å². The van der Waals surface area contributed by atoms with E-state index in [4.69, 9.17) is 0 Å². The molecule has 2 fully saturated rings. The number of piperidine rings is 1. The smallest absolute Gasteiger partial charge is 0.154 e. The van der Waals surface area contributed by atoms with E-state index in [9.17, 15) is 13.5 Å². The van der Waals surface area contributed by atoms with E-state index >= 15 is 0 Å². The summed E-state index contributed by atoms with van der Waals surface area (Å²) < 4.78 is 22.8. The molecule has 4 atom stereocenters. The first kappa shape index (κ1) is 13.3. The maximum absolute atomic E-state index is 11.4. The maximum Gasteiger partial charge on any atom is 0.154 e. The van der Waals surface area contributed by atoms with Crippen LogP contribution in [0.4, 0.5) is 0 Å². The minimum atomic E-state index is -3.04. The first-order valence-corrected chi connectivity index (χ1v) is 8.04. The lowest BCUT2D eigenvalue weighted by Crippen LogP contribution is -2.51. The minimum absolute atomic E-state index is 0.0783. The summed E-state index contributed by atoms with van der Waals surface area (Å²) in [6, 6.07) is 0.561. The third-order valence-corrected chi connectivity index (χ3v) is 5.70. The Kier molecular flexibility index (Phi) is 3.77. The standard InChI is InChI=1S/C11H22N2O3S/c1-8-5-9(3-4-13(8)2)12-10-6-17(15,16)7-11(10)14/h8-12,14H,3-7H2,1-2H3. The summed E-state index contributed by atoms with van der Waals surface area (Å²) in [5.41, 5.74) is 0. The molecule has 17 heavy (non-hydrogen) atoms. The van der Waals surface area contributed by atoms with Crippen LogP contribution in [0.15, 0.2) is 0 Å². The first-order chi connectivity index (χ1) is 7.87. The van der Waals surface area contributed by atoms with Gasteiger partial charge in [-0.2, -0.15) is 0 Å². The molecule has 100 valence electrons. The molecular weight excluding hydrogens is 240 g/mol. The van der Waals surface area contributed by atoms with Gasteiger partial charge in [-0.05, 0) is 33.4 Å². The molecule has 2 saturated heterocycles. The van der Waals surface area contributed by atoms with Crippen LogP contribution in [0.2, 0.25) is 0 Å². The summed E-state index contributed by atoms with van der Waals surface area (Å²) in [6.07, 6.45) is 1.29. The molecule has 0 radical (unpaired) electrons. The molecule has 0 aliphatic carbocycles. The Morgan fingerprint density at radius 2 is 2.06 bits per heavy atom. The minimum Gasteiger partial charge on any atom is -0.390 e. The zero-order valence-electron chi connectivity index (χ0n) is 10.5. The molecule has 2 heterocycles. The van der Waals surface area contributed by atoms with E-state index in [0.29, 0.717) is 12.1 Å². The van der Waals surface area contributed by atoms with Crippen LogP contribution < -0.4 is 5.32 Å². The van der Waals surface area contributed by atoms with Crippen molar-refractivity contribution in [2.24, 2.45) is 0 Å². The lowest BCUT2D eigenvalue weighted by molar-refractivity contribution is 0.127. The van der Waals surface area contributed by atoms with Gasteiger partial charge in [0.2, 0.25) is 0 Å². The zero-order chi connectivity index (χ0) is 12.6. The van der Waals surface area contributed by atoms with Crippen LogP contribution in [-0.2, 0) is 9.84 Å². The fourth-order valence-electron chi connectivity index (χ4n) is 2.73. The van der Waals surface area contributed by atoms with Crippen LogP contribution in [0.3, 0.4) is 0 Å². The molecule has 0 amide bonds. The number of nitrogens with one attached hydrogen (secondary N) is 1. The predicted molar refractivity (Wildman–Crippen MR) is 66.7 cm³/mol. The molecule has 5 nitrogen and oxygen atoms in total. The van der Waals surface area contributed by atoms with Crippen molar-refractivity contribution in [3.8, 4) is 0 Å². The summed E-state index contributed by atoms with van der Waals surface area (Å²) in [7, 11) is -0.936. The second kappa shape index (κ2) is 4.84. The van der Waals surface area contributed by atoms with Crippen molar-refractivity contribution in [3.05, 3.63) is 0 Å². The highest BCUT2D eigenvalue weighted by Gasteiger charge is 2.38. The third kappa shape index (κ3) is 3.19. The van der Waals surface area contributed by atoms with E-state index in [1.165, 1.54) is 0 Å². The van der Waals surface area contributed by atoms with Crippen molar-refractivity contribution in [1.82, 2.24) is 10.2 Å². The molecule has 6 heteroatoms. The first-order valence-electron chi connectivity index (χ1n) is 6.22. The van der Waals surface area contributed by atoms with Crippen LogP contribution in [0.25, 0.3) is 0 Å². The van der Waals surface area contributed by atoms with E-state index in [2.05, 4.69) is 24.2 Å². The number of likely N-dealkylation sites (tertiary alicyclic amines) is 1. The third-order valence-electron chi connectivity index (χ3n) is 3.98. The summed E-state index contributed by atoms with van der Waals surface area (Å²) >= 11 is 0. The Morgan fingerprint density at radius 3 is 2.59 bits per heavy atom. The number of aliphatic hydroxyl groups excluding tert-OH is 1. The summed E-state index contributed by atoms with van der Waals surface area (Å²) in [5.74, 6) is -0.0122. The molecule has 4 unspecified atom stereocenters. The van der Waals surface area contributed by atoms with Gasteiger partial charge in [-0.15, -0.1) is 0 Å². The topological polar surface area (TPSA) is 69.6 Å². The van der Waals surface area contributed by atoms with Crippen molar-refractivity contribution >= 4 is 9.84 Å². The van der Waals surface area contributed by atoms with Gasteiger partial charge < -0.3 is 15.3 Å². The molecule has 0 aromatic heterocycles. The average Bonchev–Trinajstić information content (AvgIpc) is 2.46. The Labute approximate surface area is 103 Å². The highest BCUT2D eigenvalue weighted by atomic mass is 32.2. The van der Waals surface area contributed by atoms with Crippen LogP contribution in [-0.4, -0.2) is 67.8 Å². The fraction of sp³-hybridized carbons (Fsp3) is 1.00. The lowest BCUT2D eigenvalue weighted by atomic mass is 9.98. The van der Waals surface area contributed by atoms with Gasteiger partial charge in [0.25, 0.3) is 0 Å². The quantitative estimate of drug-likeness (QED) is 0.683. The van der Waals surface area contributed by atoms with Crippen molar-refractivity contribution in [3.63, 3.8) is 0 Å². The van der Waals surface area contributed by atoms with Crippen molar-refractivity contribution < 1.29 is 13.5 Å². The largest absolute Gasteiger partial charge is 0.390 e. The van der Waals surface area contributed by atoms with Crippen LogP contribution in [0.1, 0.15) is 19.8 Å². The molecule has 2 aliphatic heterocycles. The molecule has 0 bridgehead atoms. The van der Waals surface area contributed by atoms with Crippen molar-refractivity contribution in [2.45, 2.75) is 44.0 Å². The number of hydrogen-bond acceptors (Lipinski definition) is 5. The van der Waals surface area contributed by atoms with Gasteiger partial charge >= 0.3 is 0 Å². The molecule has 2 N–H and O–H groups in total. The molecule has 0 aromatic rings. The second-order valence-electron chi connectivity index (χ2n) is 5.47. The molecule has 2 rings (SSSR count). The number of aliphatic hydroxyl groups is 1. The zero-order valence-corrected chi connectivity index (χ0v) is 11.3. The van der Waals surface area contributed by atoms with E-state index < -0.39 is 15.9 Å². The number of sulfone groups is 1. The molecular formula is C11H22N2O3S. The van der Waals surface area contributed by atoms with Gasteiger partial charge in [0.15, 0.2) is 9.84 Å². The fourth-order valence-corrected chi connectivity index (χ4v) is 4.49. The Morgan fingerprint density at radius 1 is 1.35 bits per heavy atom. The van der Waals surface area contributed by atoms with E-state index in [1.807, 2.05) is 0 Å². The van der Waals surface area contributed by atoms with Gasteiger partial charge in [-0.25, -0.2) is 8.42 Å². The Balaban J connectivity index is 1.90. The SMILES string of the molecule is CC1CC(NC2CS(=O)(=O)CC2O)CCN1C. The number of nitrogens with zero attached hydrogens (tertiary/aromatic N) is 1. The average molecular weight is 262 g/mol.